The summed E-state index contributed by atoms with van der Waals surface area (Å²) >= 11 is 0. The number of methoxy groups -OCH3 is 1. The van der Waals surface area contributed by atoms with Gasteiger partial charge >= 0.3 is 0 Å². The highest BCUT2D eigenvalue weighted by Gasteiger charge is 2.27. The van der Waals surface area contributed by atoms with E-state index in [9.17, 15) is 9.59 Å². The molecule has 1 amide bonds. The molecule has 0 unspecified atom stereocenters. The van der Waals surface area contributed by atoms with Gasteiger partial charge in [-0.15, -0.1) is 0 Å². The van der Waals surface area contributed by atoms with Crippen molar-refractivity contribution in [3.63, 3.8) is 0 Å². The highest BCUT2D eigenvalue weighted by atomic mass is 16.5. The number of piperazine rings is 1. The first-order valence-corrected chi connectivity index (χ1v) is 10.1. The maximum absolute atomic E-state index is 13.1. The molecule has 1 saturated heterocycles. The SMILES string of the molecule is COc1ccc(-c2ccc(=O)n([C@H](C)C(=O)N3CCN(c4ncccn4)CC3)n2)cc1. The molecule has 1 aromatic carbocycles. The number of benzene rings is 1. The van der Waals surface area contributed by atoms with Gasteiger partial charge in [0.15, 0.2) is 0 Å². The Hall–Kier alpha value is -3.75. The summed E-state index contributed by atoms with van der Waals surface area (Å²) in [5.74, 6) is 1.27. The van der Waals surface area contributed by atoms with Crippen molar-refractivity contribution in [1.82, 2.24) is 24.6 Å². The van der Waals surface area contributed by atoms with Gasteiger partial charge in [0.1, 0.15) is 11.8 Å². The maximum atomic E-state index is 13.1. The van der Waals surface area contributed by atoms with E-state index in [0.717, 1.165) is 11.3 Å². The van der Waals surface area contributed by atoms with E-state index in [2.05, 4.69) is 15.1 Å². The average Bonchev–Trinajstić information content (AvgIpc) is 2.84. The molecule has 1 atom stereocenters. The molecule has 1 fully saturated rings. The van der Waals surface area contributed by atoms with Crippen LogP contribution >= 0.6 is 0 Å². The zero-order valence-electron chi connectivity index (χ0n) is 17.5. The van der Waals surface area contributed by atoms with Gasteiger partial charge in [0, 0.05) is 50.2 Å². The average molecular weight is 420 g/mol. The summed E-state index contributed by atoms with van der Waals surface area (Å²) < 4.78 is 6.44. The summed E-state index contributed by atoms with van der Waals surface area (Å²) in [6, 6.07) is 11.6. The summed E-state index contributed by atoms with van der Waals surface area (Å²) in [5, 5.41) is 4.46. The molecule has 1 aliphatic rings. The van der Waals surface area contributed by atoms with E-state index >= 15 is 0 Å². The second-order valence-corrected chi connectivity index (χ2v) is 7.27. The molecule has 0 radical (unpaired) electrons. The Bertz CT molecular complexity index is 1090. The summed E-state index contributed by atoms with van der Waals surface area (Å²) in [7, 11) is 1.60. The highest BCUT2D eigenvalue weighted by molar-refractivity contribution is 5.80. The van der Waals surface area contributed by atoms with Gasteiger partial charge in [-0.25, -0.2) is 14.6 Å². The van der Waals surface area contributed by atoms with Crippen LogP contribution in [0.3, 0.4) is 0 Å². The van der Waals surface area contributed by atoms with Gasteiger partial charge in [-0.05, 0) is 43.3 Å². The Morgan fingerprint density at radius 1 is 1.00 bits per heavy atom. The van der Waals surface area contributed by atoms with Crippen LogP contribution in [0.5, 0.6) is 5.75 Å². The van der Waals surface area contributed by atoms with Crippen LogP contribution in [0, 0.1) is 0 Å². The van der Waals surface area contributed by atoms with E-state index in [1.54, 1.807) is 43.5 Å². The van der Waals surface area contributed by atoms with E-state index in [-0.39, 0.29) is 11.5 Å². The maximum Gasteiger partial charge on any atom is 0.267 e. The number of carbonyl (C=O) groups is 1. The minimum Gasteiger partial charge on any atom is -0.497 e. The molecule has 0 N–H and O–H groups in total. The van der Waals surface area contributed by atoms with Crippen LogP contribution in [0.4, 0.5) is 5.95 Å². The lowest BCUT2D eigenvalue weighted by Gasteiger charge is -2.35. The third kappa shape index (κ3) is 4.40. The lowest BCUT2D eigenvalue weighted by Crippen LogP contribution is -2.51. The van der Waals surface area contributed by atoms with Crippen LogP contribution in [0.25, 0.3) is 11.3 Å². The Balaban J connectivity index is 1.48. The number of amides is 1. The third-order valence-electron chi connectivity index (χ3n) is 5.36. The summed E-state index contributed by atoms with van der Waals surface area (Å²) in [6.07, 6.45) is 3.41. The fourth-order valence-electron chi connectivity index (χ4n) is 3.57. The van der Waals surface area contributed by atoms with Gasteiger partial charge in [-0.2, -0.15) is 5.10 Å². The smallest absolute Gasteiger partial charge is 0.267 e. The zero-order chi connectivity index (χ0) is 21.8. The first-order valence-electron chi connectivity index (χ1n) is 10.1. The first kappa shape index (κ1) is 20.5. The molecule has 0 saturated carbocycles. The Morgan fingerprint density at radius 2 is 1.68 bits per heavy atom. The van der Waals surface area contributed by atoms with Gasteiger partial charge in [-0.3, -0.25) is 9.59 Å². The lowest BCUT2D eigenvalue weighted by molar-refractivity contribution is -0.135. The van der Waals surface area contributed by atoms with Crippen LogP contribution in [0.2, 0.25) is 0 Å². The van der Waals surface area contributed by atoms with E-state index in [4.69, 9.17) is 4.74 Å². The van der Waals surface area contributed by atoms with Crippen LogP contribution < -0.4 is 15.2 Å². The molecule has 0 aliphatic carbocycles. The van der Waals surface area contributed by atoms with Gasteiger partial charge < -0.3 is 14.5 Å². The number of nitrogens with zero attached hydrogens (tertiary/aromatic N) is 6. The second kappa shape index (κ2) is 8.95. The topological polar surface area (TPSA) is 93.5 Å². The largest absolute Gasteiger partial charge is 0.497 e. The van der Waals surface area contributed by atoms with Gasteiger partial charge in [0.2, 0.25) is 11.9 Å². The molecule has 2 aromatic heterocycles. The third-order valence-corrected chi connectivity index (χ3v) is 5.36. The molecule has 4 rings (SSSR count). The molecule has 0 spiro atoms. The van der Waals surface area contributed by atoms with Crippen LogP contribution in [-0.2, 0) is 4.79 Å². The Morgan fingerprint density at radius 3 is 2.32 bits per heavy atom. The van der Waals surface area contributed by atoms with Gasteiger partial charge in [0.05, 0.1) is 12.8 Å². The molecule has 9 heteroatoms. The molecule has 3 aromatic rings. The molecular formula is C22H24N6O3. The lowest BCUT2D eigenvalue weighted by atomic mass is 10.1. The zero-order valence-corrected chi connectivity index (χ0v) is 17.5. The summed E-state index contributed by atoms with van der Waals surface area (Å²) in [6.45, 7) is 4.05. The molecule has 160 valence electrons. The standard InChI is InChI=1S/C22H24N6O3/c1-16(21(30)26-12-14-27(15-13-26)22-23-10-3-11-24-22)28-20(29)9-8-19(25-28)17-4-6-18(31-2)7-5-17/h3-11,16H,12-15H2,1-2H3/t16-/m1/s1. The quantitative estimate of drug-likeness (QED) is 0.619. The van der Waals surface area contributed by atoms with Crippen molar-refractivity contribution in [2.75, 3.05) is 38.2 Å². The second-order valence-electron chi connectivity index (χ2n) is 7.27. The Labute approximate surface area is 179 Å². The highest BCUT2D eigenvalue weighted by Crippen LogP contribution is 2.20. The fourth-order valence-corrected chi connectivity index (χ4v) is 3.57. The predicted octanol–water partition coefficient (Wildman–Crippen LogP) is 1.62. The number of hydrogen-bond donors (Lipinski definition) is 0. The number of anilines is 1. The normalized spacial score (nSPS) is 14.9. The van der Waals surface area contributed by atoms with E-state index in [1.165, 1.54) is 10.7 Å². The molecule has 31 heavy (non-hydrogen) atoms. The van der Waals surface area contributed by atoms with Crippen molar-refractivity contribution in [2.24, 2.45) is 0 Å². The van der Waals surface area contributed by atoms with Crippen molar-refractivity contribution in [1.29, 1.82) is 0 Å². The number of carbonyl (C=O) groups excluding carboxylic acids is 1. The summed E-state index contributed by atoms with van der Waals surface area (Å²) in [5.41, 5.74) is 1.15. The van der Waals surface area contributed by atoms with Crippen LogP contribution in [0.15, 0.2) is 59.7 Å². The van der Waals surface area contributed by atoms with Crippen molar-refractivity contribution in [2.45, 2.75) is 13.0 Å². The minimum absolute atomic E-state index is 0.130. The first-order chi connectivity index (χ1) is 15.1. The van der Waals surface area contributed by atoms with Crippen LogP contribution in [0.1, 0.15) is 13.0 Å². The number of aromatic nitrogens is 4. The van der Waals surface area contributed by atoms with Crippen LogP contribution in [-0.4, -0.2) is 63.8 Å². The van der Waals surface area contributed by atoms with Crippen molar-refractivity contribution >= 4 is 11.9 Å². The molecule has 3 heterocycles. The van der Waals surface area contributed by atoms with Gasteiger partial charge in [0.25, 0.3) is 5.56 Å². The minimum atomic E-state index is -0.703. The van der Waals surface area contributed by atoms with E-state index < -0.39 is 6.04 Å². The number of ether oxygens (including phenoxy) is 1. The van der Waals surface area contributed by atoms with E-state index in [1.807, 2.05) is 29.2 Å². The van der Waals surface area contributed by atoms with Crippen molar-refractivity contribution in [3.8, 4) is 17.0 Å². The molecule has 1 aliphatic heterocycles. The van der Waals surface area contributed by atoms with Crippen molar-refractivity contribution < 1.29 is 9.53 Å². The fraction of sp³-hybridized carbons (Fsp3) is 0.318. The Kier molecular flexibility index (Phi) is 5.92. The molecule has 9 nitrogen and oxygen atoms in total. The van der Waals surface area contributed by atoms with Gasteiger partial charge in [-0.1, -0.05) is 0 Å². The monoisotopic (exact) mass is 420 g/mol. The number of rotatable bonds is 5. The number of hydrogen-bond acceptors (Lipinski definition) is 7. The molecular weight excluding hydrogens is 396 g/mol. The van der Waals surface area contributed by atoms with Crippen molar-refractivity contribution in [3.05, 3.63) is 65.2 Å². The van der Waals surface area contributed by atoms with E-state index in [0.29, 0.717) is 37.8 Å². The summed E-state index contributed by atoms with van der Waals surface area (Å²) in [4.78, 5) is 37.9. The molecule has 0 bridgehead atoms. The predicted molar refractivity (Wildman–Crippen MR) is 116 cm³/mol.